The van der Waals surface area contributed by atoms with Gasteiger partial charge in [0.25, 0.3) is 0 Å². The lowest BCUT2D eigenvalue weighted by Gasteiger charge is -2.14. The van der Waals surface area contributed by atoms with Crippen LogP contribution in [0, 0.1) is 19.3 Å². The monoisotopic (exact) mass is 173 g/mol. The van der Waals surface area contributed by atoms with Crippen molar-refractivity contribution in [3.8, 4) is 12.3 Å². The quantitative estimate of drug-likeness (QED) is 0.691. The molecule has 1 aromatic carbocycles. The molecule has 0 unspecified atom stereocenters. The average Bonchev–Trinajstić information content (AvgIpc) is 2.15. The Balaban J connectivity index is 2.72. The highest BCUT2D eigenvalue weighted by Gasteiger charge is 2.04. The number of hydrogen-bond acceptors (Lipinski definition) is 1. The Labute approximate surface area is 80.2 Å². The zero-order valence-corrected chi connectivity index (χ0v) is 8.17. The van der Waals surface area contributed by atoms with Gasteiger partial charge in [-0.2, -0.15) is 0 Å². The third-order valence-corrected chi connectivity index (χ3v) is 2.17. The fourth-order valence-electron chi connectivity index (χ4n) is 1.39. The van der Waals surface area contributed by atoms with Crippen LogP contribution in [0.2, 0.25) is 0 Å². The molecule has 0 spiro atoms. The Kier molecular flexibility index (Phi) is 3.54. The minimum absolute atomic E-state index is 0.331. The number of hydrogen-bond donors (Lipinski definition) is 1. The minimum Gasteiger partial charge on any atom is -0.300 e. The van der Waals surface area contributed by atoms with E-state index < -0.39 is 0 Å². The Morgan fingerprint density at radius 3 is 2.77 bits per heavy atom. The highest BCUT2D eigenvalue weighted by Crippen LogP contribution is 2.15. The lowest BCUT2D eigenvalue weighted by Crippen LogP contribution is -2.19. The van der Waals surface area contributed by atoms with E-state index in [0.717, 1.165) is 0 Å². The van der Waals surface area contributed by atoms with Crippen molar-refractivity contribution in [2.75, 3.05) is 6.54 Å². The van der Waals surface area contributed by atoms with E-state index >= 15 is 0 Å². The van der Waals surface area contributed by atoms with Gasteiger partial charge in [-0.05, 0) is 25.0 Å². The summed E-state index contributed by atoms with van der Waals surface area (Å²) in [7, 11) is 0. The minimum atomic E-state index is 0.331. The number of nitrogens with one attached hydrogen (secondary N) is 1. The van der Waals surface area contributed by atoms with Crippen LogP contribution in [0.3, 0.4) is 0 Å². The standard InChI is InChI=1S/C12H15N/c1-4-9-13-11(3)12-8-6-5-7-10(12)2/h1,5-8,11,13H,9H2,2-3H3/t11-/m1/s1. The van der Waals surface area contributed by atoms with Crippen molar-refractivity contribution in [3.63, 3.8) is 0 Å². The molecule has 0 heterocycles. The molecule has 0 bridgehead atoms. The van der Waals surface area contributed by atoms with Crippen molar-refractivity contribution in [1.29, 1.82) is 0 Å². The second-order valence-electron chi connectivity index (χ2n) is 3.16. The van der Waals surface area contributed by atoms with Crippen LogP contribution >= 0.6 is 0 Å². The summed E-state index contributed by atoms with van der Waals surface area (Å²) in [6.07, 6.45) is 5.18. The zero-order chi connectivity index (χ0) is 9.68. The summed E-state index contributed by atoms with van der Waals surface area (Å²) in [5.41, 5.74) is 2.62. The Morgan fingerprint density at radius 1 is 1.46 bits per heavy atom. The lowest BCUT2D eigenvalue weighted by atomic mass is 10.0. The molecular formula is C12H15N. The van der Waals surface area contributed by atoms with Gasteiger partial charge in [0.05, 0.1) is 6.54 Å². The molecule has 0 aliphatic heterocycles. The molecular weight excluding hydrogens is 158 g/mol. The van der Waals surface area contributed by atoms with Crippen molar-refractivity contribution in [2.45, 2.75) is 19.9 Å². The molecule has 1 aromatic rings. The molecule has 0 radical (unpaired) electrons. The first-order chi connectivity index (χ1) is 6.25. The van der Waals surface area contributed by atoms with Crippen molar-refractivity contribution >= 4 is 0 Å². The second kappa shape index (κ2) is 4.69. The van der Waals surface area contributed by atoms with Crippen LogP contribution in [0.25, 0.3) is 0 Å². The number of benzene rings is 1. The Morgan fingerprint density at radius 2 is 2.15 bits per heavy atom. The van der Waals surface area contributed by atoms with Crippen LogP contribution in [-0.4, -0.2) is 6.54 Å². The fourth-order valence-corrected chi connectivity index (χ4v) is 1.39. The van der Waals surface area contributed by atoms with E-state index in [2.05, 4.69) is 43.3 Å². The van der Waals surface area contributed by atoms with Gasteiger partial charge in [0.15, 0.2) is 0 Å². The van der Waals surface area contributed by atoms with Crippen molar-refractivity contribution < 1.29 is 0 Å². The normalized spacial score (nSPS) is 12.1. The van der Waals surface area contributed by atoms with E-state index in [-0.39, 0.29) is 0 Å². The van der Waals surface area contributed by atoms with Gasteiger partial charge < -0.3 is 0 Å². The third kappa shape index (κ3) is 2.61. The molecule has 0 saturated heterocycles. The van der Waals surface area contributed by atoms with E-state index in [0.29, 0.717) is 12.6 Å². The third-order valence-electron chi connectivity index (χ3n) is 2.17. The molecule has 0 saturated carbocycles. The van der Waals surface area contributed by atoms with Crippen molar-refractivity contribution in [1.82, 2.24) is 5.32 Å². The van der Waals surface area contributed by atoms with Gasteiger partial charge in [-0.15, -0.1) is 6.42 Å². The predicted molar refractivity (Wildman–Crippen MR) is 56.4 cm³/mol. The molecule has 0 aliphatic carbocycles. The van der Waals surface area contributed by atoms with Gasteiger partial charge in [-0.25, -0.2) is 0 Å². The number of aryl methyl sites for hydroxylation is 1. The largest absolute Gasteiger partial charge is 0.300 e. The predicted octanol–water partition coefficient (Wildman–Crippen LogP) is 2.28. The summed E-state index contributed by atoms with van der Waals surface area (Å²) < 4.78 is 0. The van der Waals surface area contributed by atoms with Gasteiger partial charge in [-0.3, -0.25) is 5.32 Å². The van der Waals surface area contributed by atoms with Crippen molar-refractivity contribution in [3.05, 3.63) is 35.4 Å². The van der Waals surface area contributed by atoms with E-state index in [9.17, 15) is 0 Å². The molecule has 0 aromatic heterocycles. The van der Waals surface area contributed by atoms with Crippen molar-refractivity contribution in [2.24, 2.45) is 0 Å². The SMILES string of the molecule is C#CCN[C@H](C)c1ccccc1C. The Hall–Kier alpha value is -1.26. The summed E-state index contributed by atoms with van der Waals surface area (Å²) in [5.74, 6) is 2.58. The summed E-state index contributed by atoms with van der Waals surface area (Å²) in [6.45, 7) is 4.86. The molecule has 1 nitrogen and oxygen atoms in total. The average molecular weight is 173 g/mol. The maximum Gasteiger partial charge on any atom is 0.0578 e. The summed E-state index contributed by atoms with van der Waals surface area (Å²) in [6, 6.07) is 8.67. The van der Waals surface area contributed by atoms with E-state index in [4.69, 9.17) is 6.42 Å². The van der Waals surface area contributed by atoms with E-state index in [1.807, 2.05) is 6.07 Å². The first-order valence-electron chi connectivity index (χ1n) is 4.48. The lowest BCUT2D eigenvalue weighted by molar-refractivity contribution is 0.620. The smallest absolute Gasteiger partial charge is 0.0578 e. The van der Waals surface area contributed by atoms with Gasteiger partial charge >= 0.3 is 0 Å². The van der Waals surface area contributed by atoms with Gasteiger partial charge in [0.1, 0.15) is 0 Å². The van der Waals surface area contributed by atoms with Crippen LogP contribution in [0.4, 0.5) is 0 Å². The van der Waals surface area contributed by atoms with Crippen LogP contribution in [-0.2, 0) is 0 Å². The fraction of sp³-hybridized carbons (Fsp3) is 0.333. The summed E-state index contributed by atoms with van der Waals surface area (Å²) in [4.78, 5) is 0. The highest BCUT2D eigenvalue weighted by atomic mass is 14.9. The van der Waals surface area contributed by atoms with Gasteiger partial charge in [0.2, 0.25) is 0 Å². The molecule has 13 heavy (non-hydrogen) atoms. The van der Waals surface area contributed by atoms with Gasteiger partial charge in [-0.1, -0.05) is 30.2 Å². The van der Waals surface area contributed by atoms with Crippen LogP contribution in [0.5, 0.6) is 0 Å². The maximum atomic E-state index is 5.18. The first-order valence-corrected chi connectivity index (χ1v) is 4.48. The van der Waals surface area contributed by atoms with Gasteiger partial charge in [0, 0.05) is 6.04 Å². The zero-order valence-electron chi connectivity index (χ0n) is 8.17. The second-order valence-corrected chi connectivity index (χ2v) is 3.16. The van der Waals surface area contributed by atoms with E-state index in [1.165, 1.54) is 11.1 Å². The highest BCUT2D eigenvalue weighted by molar-refractivity contribution is 5.28. The maximum absolute atomic E-state index is 5.18. The van der Waals surface area contributed by atoms with Crippen LogP contribution < -0.4 is 5.32 Å². The van der Waals surface area contributed by atoms with Crippen LogP contribution in [0.1, 0.15) is 24.1 Å². The molecule has 1 rings (SSSR count). The molecule has 68 valence electrons. The summed E-state index contributed by atoms with van der Waals surface area (Å²) in [5, 5.41) is 3.25. The molecule has 0 fully saturated rings. The van der Waals surface area contributed by atoms with Crippen LogP contribution in [0.15, 0.2) is 24.3 Å². The molecule has 1 heteroatoms. The molecule has 1 atom stereocenters. The molecule has 0 aliphatic rings. The van der Waals surface area contributed by atoms with E-state index in [1.54, 1.807) is 0 Å². The topological polar surface area (TPSA) is 12.0 Å². The first kappa shape index (κ1) is 9.83. The Bertz CT molecular complexity index is 309. The number of rotatable bonds is 3. The molecule has 0 amide bonds. The molecule has 1 N–H and O–H groups in total. The number of terminal acetylenes is 1. The summed E-state index contributed by atoms with van der Waals surface area (Å²) >= 11 is 0.